The summed E-state index contributed by atoms with van der Waals surface area (Å²) < 4.78 is 19.6. The highest BCUT2D eigenvalue weighted by atomic mass is 19.1. The molecule has 2 heterocycles. The van der Waals surface area contributed by atoms with Gasteiger partial charge >= 0.3 is 5.69 Å². The van der Waals surface area contributed by atoms with Crippen LogP contribution < -0.4 is 16.0 Å². The number of fused-ring (bicyclic) bond motifs is 1. The molecule has 2 aromatic heterocycles. The summed E-state index contributed by atoms with van der Waals surface area (Å²) in [5.41, 5.74) is 0.680. The first-order valence-electron chi connectivity index (χ1n) is 7.58. The summed E-state index contributed by atoms with van der Waals surface area (Å²) in [6, 6.07) is 6.23. The maximum Gasteiger partial charge on any atom is 0.326 e. The van der Waals surface area contributed by atoms with Crippen molar-refractivity contribution in [2.45, 2.75) is 18.8 Å². The van der Waals surface area contributed by atoms with Gasteiger partial charge in [-0.1, -0.05) is 6.07 Å². The number of nitrogens with zero attached hydrogens (tertiary/aromatic N) is 1. The molecule has 0 amide bonds. The van der Waals surface area contributed by atoms with Crippen LogP contribution in [0.25, 0.3) is 22.3 Å². The summed E-state index contributed by atoms with van der Waals surface area (Å²) in [4.78, 5) is 32.8. The Balaban J connectivity index is 2.09. The van der Waals surface area contributed by atoms with Gasteiger partial charge in [0.2, 0.25) is 0 Å². The van der Waals surface area contributed by atoms with Crippen LogP contribution in [0.4, 0.5) is 4.39 Å². The molecule has 7 heteroatoms. The van der Waals surface area contributed by atoms with E-state index in [0.717, 1.165) is 18.4 Å². The second kappa shape index (κ2) is 5.30. The van der Waals surface area contributed by atoms with Crippen molar-refractivity contribution in [1.29, 1.82) is 0 Å². The van der Waals surface area contributed by atoms with Crippen molar-refractivity contribution in [3.8, 4) is 17.0 Å². The van der Waals surface area contributed by atoms with Crippen molar-refractivity contribution in [3.05, 3.63) is 56.5 Å². The zero-order valence-electron chi connectivity index (χ0n) is 12.9. The second-order valence-electron chi connectivity index (χ2n) is 5.82. The fraction of sp³-hybridized carbons (Fsp3) is 0.235. The number of benzene rings is 1. The third kappa shape index (κ3) is 2.29. The molecule has 0 unspecified atom stereocenters. The van der Waals surface area contributed by atoms with E-state index in [1.165, 1.54) is 13.2 Å². The number of aromatic nitrogens is 3. The lowest BCUT2D eigenvalue weighted by Crippen LogP contribution is -2.23. The molecule has 122 valence electrons. The van der Waals surface area contributed by atoms with E-state index < -0.39 is 17.1 Å². The molecule has 3 aromatic rings. The summed E-state index contributed by atoms with van der Waals surface area (Å²) in [5.74, 6) is 0.0951. The number of hydrogen-bond acceptors (Lipinski definition) is 4. The summed E-state index contributed by atoms with van der Waals surface area (Å²) in [5, 5.41) is 0. The Bertz CT molecular complexity index is 1070. The molecule has 1 saturated carbocycles. The van der Waals surface area contributed by atoms with Crippen LogP contribution in [0.15, 0.2) is 33.9 Å². The van der Waals surface area contributed by atoms with Gasteiger partial charge in [0.15, 0.2) is 5.52 Å². The molecular weight excluding hydrogens is 313 g/mol. The third-order valence-electron chi connectivity index (χ3n) is 4.20. The van der Waals surface area contributed by atoms with Crippen LogP contribution in [-0.2, 0) is 0 Å². The van der Waals surface area contributed by atoms with E-state index >= 15 is 0 Å². The topological polar surface area (TPSA) is 87.8 Å². The van der Waals surface area contributed by atoms with Gasteiger partial charge in [-0.2, -0.15) is 0 Å². The maximum atomic E-state index is 14.4. The van der Waals surface area contributed by atoms with Crippen molar-refractivity contribution in [1.82, 2.24) is 15.0 Å². The number of ether oxygens (including phenoxy) is 1. The molecule has 1 aromatic carbocycles. The van der Waals surface area contributed by atoms with Crippen LogP contribution in [-0.4, -0.2) is 22.1 Å². The van der Waals surface area contributed by atoms with Crippen LogP contribution in [0.1, 0.15) is 24.3 Å². The van der Waals surface area contributed by atoms with Gasteiger partial charge in [-0.3, -0.25) is 9.78 Å². The quantitative estimate of drug-likeness (QED) is 0.773. The standard InChI is InChI=1S/C17H14FN3O3/c1-24-12-4-2-3-10(18)13(12)11-7-9(8-5-6-8)14-15(19-11)16(22)21-17(23)20-14/h2-4,7-8H,5-6H2,1H3,(H2,20,21,22,23). The molecule has 4 rings (SSSR count). The SMILES string of the molecule is COc1cccc(F)c1-c1cc(C2CC2)c2[nH]c(=O)[nH]c(=O)c2n1. The molecule has 6 nitrogen and oxygen atoms in total. The van der Waals surface area contributed by atoms with E-state index in [1.807, 2.05) is 0 Å². The first-order chi connectivity index (χ1) is 11.6. The van der Waals surface area contributed by atoms with Gasteiger partial charge in [0.25, 0.3) is 5.56 Å². The van der Waals surface area contributed by atoms with Gasteiger partial charge in [0, 0.05) is 0 Å². The summed E-state index contributed by atoms with van der Waals surface area (Å²) in [7, 11) is 1.45. The van der Waals surface area contributed by atoms with E-state index in [9.17, 15) is 14.0 Å². The number of aromatic amines is 2. The van der Waals surface area contributed by atoms with Gasteiger partial charge < -0.3 is 9.72 Å². The maximum absolute atomic E-state index is 14.4. The van der Waals surface area contributed by atoms with Crippen molar-refractivity contribution >= 4 is 11.0 Å². The number of pyridine rings is 1. The third-order valence-corrected chi connectivity index (χ3v) is 4.20. The Hall–Kier alpha value is -2.96. The number of rotatable bonds is 3. The highest BCUT2D eigenvalue weighted by Gasteiger charge is 2.28. The smallest absolute Gasteiger partial charge is 0.326 e. The first-order valence-corrected chi connectivity index (χ1v) is 7.58. The molecule has 0 spiro atoms. The van der Waals surface area contributed by atoms with Crippen molar-refractivity contribution in [2.75, 3.05) is 7.11 Å². The highest BCUT2D eigenvalue weighted by molar-refractivity contribution is 5.83. The molecule has 0 aliphatic heterocycles. The Morgan fingerprint density at radius 2 is 2.04 bits per heavy atom. The van der Waals surface area contributed by atoms with E-state index in [2.05, 4.69) is 15.0 Å². The van der Waals surface area contributed by atoms with Gasteiger partial charge in [0.05, 0.1) is 23.9 Å². The Kier molecular flexibility index (Phi) is 3.23. The van der Waals surface area contributed by atoms with E-state index in [0.29, 0.717) is 17.0 Å². The number of nitrogens with one attached hydrogen (secondary N) is 2. The number of H-pyrrole nitrogens is 2. The molecular formula is C17H14FN3O3. The highest BCUT2D eigenvalue weighted by Crippen LogP contribution is 2.44. The predicted octanol–water partition coefficient (Wildman–Crippen LogP) is 2.30. The number of hydrogen-bond donors (Lipinski definition) is 2. The molecule has 0 radical (unpaired) electrons. The number of halogens is 1. The summed E-state index contributed by atoms with van der Waals surface area (Å²) >= 11 is 0. The lowest BCUT2D eigenvalue weighted by atomic mass is 10.0. The Labute approximate surface area is 135 Å². The van der Waals surface area contributed by atoms with Gasteiger partial charge in [-0.15, -0.1) is 0 Å². The second-order valence-corrected chi connectivity index (χ2v) is 5.82. The van der Waals surface area contributed by atoms with Crippen LogP contribution in [0.2, 0.25) is 0 Å². The number of methoxy groups -OCH3 is 1. The monoisotopic (exact) mass is 327 g/mol. The Morgan fingerprint density at radius 3 is 2.75 bits per heavy atom. The molecule has 1 aliphatic rings. The summed E-state index contributed by atoms with van der Waals surface area (Å²) in [6.45, 7) is 0. The van der Waals surface area contributed by atoms with E-state index in [4.69, 9.17) is 4.74 Å². The molecule has 2 N–H and O–H groups in total. The van der Waals surface area contributed by atoms with E-state index in [-0.39, 0.29) is 17.0 Å². The van der Waals surface area contributed by atoms with Crippen LogP contribution in [0.5, 0.6) is 5.75 Å². The molecule has 1 fully saturated rings. The average Bonchev–Trinajstić information content (AvgIpc) is 3.38. The van der Waals surface area contributed by atoms with Crippen molar-refractivity contribution in [2.24, 2.45) is 0 Å². The lowest BCUT2D eigenvalue weighted by Gasteiger charge is -2.12. The van der Waals surface area contributed by atoms with Gasteiger partial charge in [-0.05, 0) is 42.5 Å². The minimum atomic E-state index is -0.590. The Morgan fingerprint density at radius 1 is 1.25 bits per heavy atom. The minimum absolute atomic E-state index is 0.0966. The van der Waals surface area contributed by atoms with Gasteiger partial charge in [-0.25, -0.2) is 14.2 Å². The van der Waals surface area contributed by atoms with Crippen LogP contribution in [0.3, 0.4) is 0 Å². The predicted molar refractivity (Wildman–Crippen MR) is 86.9 cm³/mol. The normalized spacial score (nSPS) is 14.1. The molecule has 1 aliphatic carbocycles. The van der Waals surface area contributed by atoms with Crippen molar-refractivity contribution in [3.63, 3.8) is 0 Å². The van der Waals surface area contributed by atoms with Gasteiger partial charge in [0.1, 0.15) is 11.6 Å². The molecule has 0 bridgehead atoms. The van der Waals surface area contributed by atoms with E-state index in [1.54, 1.807) is 18.2 Å². The average molecular weight is 327 g/mol. The zero-order valence-corrected chi connectivity index (χ0v) is 12.9. The fourth-order valence-corrected chi connectivity index (χ4v) is 2.93. The molecule has 0 saturated heterocycles. The molecule has 0 atom stereocenters. The lowest BCUT2D eigenvalue weighted by molar-refractivity contribution is 0.413. The fourth-order valence-electron chi connectivity index (χ4n) is 2.93. The first kappa shape index (κ1) is 14.6. The zero-order chi connectivity index (χ0) is 16.8. The van der Waals surface area contributed by atoms with Crippen LogP contribution >= 0.6 is 0 Å². The summed E-state index contributed by atoms with van der Waals surface area (Å²) in [6.07, 6.45) is 1.92. The van der Waals surface area contributed by atoms with Crippen LogP contribution in [0, 0.1) is 5.82 Å². The molecule has 24 heavy (non-hydrogen) atoms. The minimum Gasteiger partial charge on any atom is -0.496 e. The van der Waals surface area contributed by atoms with Crippen molar-refractivity contribution < 1.29 is 9.13 Å². The largest absolute Gasteiger partial charge is 0.496 e.